The maximum Gasteiger partial charge on any atom is 0.328 e. The van der Waals surface area contributed by atoms with Crippen LogP contribution in [0.1, 0.15) is 11.3 Å². The van der Waals surface area contributed by atoms with Crippen LogP contribution in [0.25, 0.3) is 6.08 Å². The van der Waals surface area contributed by atoms with E-state index in [1.165, 1.54) is 6.08 Å². The standard InChI is InChI=1S/C8H7BrO3/c1-5-6(2-3-8(10)11)4-7(9)12-5/h2-4H,1H3,(H,10,11)/b3-2+. The van der Waals surface area contributed by atoms with Gasteiger partial charge in [0.2, 0.25) is 0 Å². The average Bonchev–Trinajstić information content (AvgIpc) is 2.26. The fourth-order valence-electron chi connectivity index (χ4n) is 0.785. The molecule has 64 valence electrons. The van der Waals surface area contributed by atoms with E-state index in [-0.39, 0.29) is 0 Å². The van der Waals surface area contributed by atoms with Gasteiger partial charge < -0.3 is 9.52 Å². The fraction of sp³-hybridized carbons (Fsp3) is 0.125. The Morgan fingerprint density at radius 3 is 2.83 bits per heavy atom. The van der Waals surface area contributed by atoms with Gasteiger partial charge in [0.05, 0.1) is 0 Å². The first-order chi connectivity index (χ1) is 5.59. The Morgan fingerprint density at radius 1 is 1.75 bits per heavy atom. The smallest absolute Gasteiger partial charge is 0.328 e. The summed E-state index contributed by atoms with van der Waals surface area (Å²) in [5, 5.41) is 8.34. The van der Waals surface area contributed by atoms with Crippen molar-refractivity contribution in [2.45, 2.75) is 6.92 Å². The Bertz CT molecular complexity index is 325. The number of carbonyl (C=O) groups is 1. The minimum Gasteiger partial charge on any atom is -0.478 e. The molecule has 1 heterocycles. The highest BCUT2D eigenvalue weighted by Gasteiger charge is 2.01. The van der Waals surface area contributed by atoms with Gasteiger partial charge in [-0.2, -0.15) is 0 Å². The summed E-state index contributed by atoms with van der Waals surface area (Å²) < 4.78 is 5.72. The molecule has 0 bridgehead atoms. The highest BCUT2D eigenvalue weighted by atomic mass is 79.9. The number of furan rings is 1. The van der Waals surface area contributed by atoms with Gasteiger partial charge in [-0.3, -0.25) is 0 Å². The van der Waals surface area contributed by atoms with Crippen molar-refractivity contribution in [3.05, 3.63) is 28.1 Å². The van der Waals surface area contributed by atoms with Crippen molar-refractivity contribution in [2.24, 2.45) is 0 Å². The van der Waals surface area contributed by atoms with Crippen LogP contribution in [0.2, 0.25) is 0 Å². The second kappa shape index (κ2) is 3.58. The van der Waals surface area contributed by atoms with Crippen LogP contribution >= 0.6 is 15.9 Å². The predicted octanol–water partition coefficient (Wildman–Crippen LogP) is 2.45. The minimum atomic E-state index is -0.966. The van der Waals surface area contributed by atoms with E-state index in [1.54, 1.807) is 13.0 Å². The Balaban J connectivity index is 2.89. The van der Waals surface area contributed by atoms with E-state index in [1.807, 2.05) is 0 Å². The summed E-state index contributed by atoms with van der Waals surface area (Å²) in [5.41, 5.74) is 0.768. The summed E-state index contributed by atoms with van der Waals surface area (Å²) in [6.07, 6.45) is 2.57. The van der Waals surface area contributed by atoms with E-state index in [2.05, 4.69) is 15.9 Å². The number of rotatable bonds is 2. The Morgan fingerprint density at radius 2 is 2.42 bits per heavy atom. The maximum atomic E-state index is 10.2. The number of aliphatic carboxylic acids is 1. The van der Waals surface area contributed by atoms with E-state index >= 15 is 0 Å². The summed E-state index contributed by atoms with van der Waals surface area (Å²) in [6.45, 7) is 1.77. The minimum absolute atomic E-state index is 0.602. The third-order valence-corrected chi connectivity index (χ3v) is 1.72. The lowest BCUT2D eigenvalue weighted by Gasteiger charge is -1.84. The maximum absolute atomic E-state index is 10.2. The van der Waals surface area contributed by atoms with Crippen molar-refractivity contribution in [1.82, 2.24) is 0 Å². The first-order valence-corrected chi connectivity index (χ1v) is 4.06. The van der Waals surface area contributed by atoms with Gasteiger partial charge >= 0.3 is 5.97 Å². The molecule has 0 saturated heterocycles. The van der Waals surface area contributed by atoms with E-state index in [9.17, 15) is 4.79 Å². The fourth-order valence-corrected chi connectivity index (χ4v) is 1.27. The molecule has 0 spiro atoms. The third-order valence-electron chi connectivity index (χ3n) is 1.33. The number of carboxylic acids is 1. The zero-order chi connectivity index (χ0) is 9.14. The van der Waals surface area contributed by atoms with Gasteiger partial charge in [0, 0.05) is 11.6 Å². The second-order valence-electron chi connectivity index (χ2n) is 2.23. The molecular weight excluding hydrogens is 224 g/mol. The molecule has 0 aliphatic carbocycles. The third kappa shape index (κ3) is 2.23. The molecule has 0 amide bonds. The number of carboxylic acid groups (broad SMARTS) is 1. The van der Waals surface area contributed by atoms with Crippen LogP contribution in [0.15, 0.2) is 21.2 Å². The number of aryl methyl sites for hydroxylation is 1. The zero-order valence-electron chi connectivity index (χ0n) is 6.37. The van der Waals surface area contributed by atoms with Crippen molar-refractivity contribution in [2.75, 3.05) is 0 Å². The lowest BCUT2D eigenvalue weighted by Crippen LogP contribution is -1.85. The van der Waals surface area contributed by atoms with Crippen LogP contribution in [0.3, 0.4) is 0 Å². The topological polar surface area (TPSA) is 50.4 Å². The first-order valence-electron chi connectivity index (χ1n) is 3.26. The Kier molecular flexibility index (Phi) is 2.70. The van der Waals surface area contributed by atoms with E-state index in [4.69, 9.17) is 9.52 Å². The lowest BCUT2D eigenvalue weighted by molar-refractivity contribution is -0.131. The van der Waals surface area contributed by atoms with Gasteiger partial charge in [-0.25, -0.2) is 4.79 Å². The molecule has 1 rings (SSSR count). The van der Waals surface area contributed by atoms with Crippen LogP contribution in [0.5, 0.6) is 0 Å². The monoisotopic (exact) mass is 230 g/mol. The summed E-state index contributed by atoms with van der Waals surface area (Å²) in [4.78, 5) is 10.2. The van der Waals surface area contributed by atoms with E-state index < -0.39 is 5.97 Å². The van der Waals surface area contributed by atoms with E-state index in [0.717, 1.165) is 11.6 Å². The Hall–Kier alpha value is -1.03. The van der Waals surface area contributed by atoms with Crippen molar-refractivity contribution in [3.8, 4) is 0 Å². The highest BCUT2D eigenvalue weighted by molar-refractivity contribution is 9.10. The molecule has 1 aromatic rings. The molecule has 12 heavy (non-hydrogen) atoms. The highest BCUT2D eigenvalue weighted by Crippen LogP contribution is 2.20. The normalized spacial score (nSPS) is 10.8. The molecule has 0 fully saturated rings. The molecule has 0 aliphatic heterocycles. The predicted molar refractivity (Wildman–Crippen MR) is 47.8 cm³/mol. The molecule has 1 aromatic heterocycles. The summed E-state index contributed by atoms with van der Waals surface area (Å²) in [7, 11) is 0. The van der Waals surface area contributed by atoms with Crippen LogP contribution in [-0.4, -0.2) is 11.1 Å². The van der Waals surface area contributed by atoms with Crippen LogP contribution < -0.4 is 0 Å². The van der Waals surface area contributed by atoms with Crippen LogP contribution in [-0.2, 0) is 4.79 Å². The average molecular weight is 231 g/mol. The zero-order valence-corrected chi connectivity index (χ0v) is 7.96. The summed E-state index contributed by atoms with van der Waals surface area (Å²) >= 11 is 3.14. The molecule has 0 aliphatic rings. The molecule has 4 heteroatoms. The van der Waals surface area contributed by atoms with Crippen molar-refractivity contribution >= 4 is 28.0 Å². The molecule has 0 unspecified atom stereocenters. The molecule has 0 aromatic carbocycles. The lowest BCUT2D eigenvalue weighted by atomic mass is 10.2. The van der Waals surface area contributed by atoms with Crippen molar-refractivity contribution < 1.29 is 14.3 Å². The number of hydrogen-bond acceptors (Lipinski definition) is 2. The molecule has 0 atom stereocenters. The Labute approximate surface area is 77.8 Å². The van der Waals surface area contributed by atoms with Gasteiger partial charge in [-0.1, -0.05) is 0 Å². The van der Waals surface area contributed by atoms with Gasteiger partial charge in [0.25, 0.3) is 0 Å². The van der Waals surface area contributed by atoms with Gasteiger partial charge in [0.15, 0.2) is 4.67 Å². The van der Waals surface area contributed by atoms with Gasteiger partial charge in [0.1, 0.15) is 5.76 Å². The molecule has 0 radical (unpaired) electrons. The van der Waals surface area contributed by atoms with Gasteiger partial charge in [-0.05, 0) is 35.0 Å². The van der Waals surface area contributed by atoms with Crippen LogP contribution in [0, 0.1) is 6.92 Å². The van der Waals surface area contributed by atoms with Gasteiger partial charge in [-0.15, -0.1) is 0 Å². The molecule has 0 saturated carbocycles. The largest absolute Gasteiger partial charge is 0.478 e. The second-order valence-corrected chi connectivity index (χ2v) is 3.02. The van der Waals surface area contributed by atoms with E-state index in [0.29, 0.717) is 10.4 Å². The van der Waals surface area contributed by atoms with Crippen LogP contribution in [0.4, 0.5) is 0 Å². The summed E-state index contributed by atoms with van der Waals surface area (Å²) in [5.74, 6) is -0.272. The summed E-state index contributed by atoms with van der Waals surface area (Å²) in [6, 6.07) is 1.72. The number of hydrogen-bond donors (Lipinski definition) is 1. The molecule has 3 nitrogen and oxygen atoms in total. The molecular formula is C8H7BrO3. The molecule has 1 N–H and O–H groups in total. The van der Waals surface area contributed by atoms with Crippen molar-refractivity contribution in [3.63, 3.8) is 0 Å². The van der Waals surface area contributed by atoms with Crippen molar-refractivity contribution in [1.29, 1.82) is 0 Å². The first kappa shape index (κ1) is 9.06. The SMILES string of the molecule is Cc1oc(Br)cc1/C=C/C(=O)O. The number of halogens is 1. The quantitative estimate of drug-likeness (QED) is 0.795.